The summed E-state index contributed by atoms with van der Waals surface area (Å²) in [6.07, 6.45) is 5.07. The van der Waals surface area contributed by atoms with E-state index in [1.807, 2.05) is 6.07 Å². The van der Waals surface area contributed by atoms with Gasteiger partial charge >= 0.3 is 0 Å². The largest absolute Gasteiger partial charge is 0.323 e. The smallest absolute Gasteiger partial charge is 0.241 e. The van der Waals surface area contributed by atoms with Crippen LogP contribution in [0.1, 0.15) is 6.92 Å². The van der Waals surface area contributed by atoms with Gasteiger partial charge in [-0.05, 0) is 26.1 Å². The summed E-state index contributed by atoms with van der Waals surface area (Å²) in [5.74, 6) is -0.119. The first-order chi connectivity index (χ1) is 9.13. The average molecular weight is 279 g/mol. The number of hydrogen-bond acceptors (Lipinski definition) is 3. The monoisotopic (exact) mass is 278 g/mol. The Labute approximate surface area is 116 Å². The molecule has 19 heavy (non-hydrogen) atoms. The predicted molar refractivity (Wildman–Crippen MR) is 75.7 cm³/mol. The standard InChI is InChI=1S/C13H15ClN4O/c1-9(15-2)13(19)17-11-5-3-4-10(14)12(11)18-7-6-16-8-18/h3-9,15H,1-2H3,(H,17,19). The molecule has 6 heteroatoms. The fraction of sp³-hybridized carbons (Fsp3) is 0.231. The van der Waals surface area contributed by atoms with Crippen molar-refractivity contribution >= 4 is 23.2 Å². The van der Waals surface area contributed by atoms with Crippen molar-refractivity contribution in [3.8, 4) is 5.69 Å². The number of rotatable bonds is 4. The molecule has 0 saturated carbocycles. The summed E-state index contributed by atoms with van der Waals surface area (Å²) in [7, 11) is 1.74. The molecule has 1 unspecified atom stereocenters. The number of amides is 1. The highest BCUT2D eigenvalue weighted by Crippen LogP contribution is 2.28. The van der Waals surface area contributed by atoms with E-state index in [1.165, 1.54) is 0 Å². The maximum atomic E-state index is 11.9. The Morgan fingerprint density at radius 1 is 1.47 bits per heavy atom. The molecule has 1 aromatic carbocycles. The van der Waals surface area contributed by atoms with Gasteiger partial charge in [0.1, 0.15) is 0 Å². The third kappa shape index (κ3) is 2.94. The van der Waals surface area contributed by atoms with Crippen LogP contribution in [0.4, 0.5) is 5.69 Å². The molecule has 2 N–H and O–H groups in total. The molecular weight excluding hydrogens is 264 g/mol. The van der Waals surface area contributed by atoms with E-state index < -0.39 is 0 Å². The van der Waals surface area contributed by atoms with Crippen LogP contribution in [0, 0.1) is 0 Å². The molecule has 0 bridgehead atoms. The molecule has 1 aromatic heterocycles. The summed E-state index contributed by atoms with van der Waals surface area (Å²) < 4.78 is 1.77. The summed E-state index contributed by atoms with van der Waals surface area (Å²) in [6, 6.07) is 5.09. The van der Waals surface area contributed by atoms with Gasteiger partial charge in [0, 0.05) is 12.4 Å². The number of nitrogens with one attached hydrogen (secondary N) is 2. The molecular formula is C13H15ClN4O. The van der Waals surface area contributed by atoms with Crippen molar-refractivity contribution in [3.05, 3.63) is 41.9 Å². The van der Waals surface area contributed by atoms with E-state index in [0.717, 1.165) is 0 Å². The molecule has 0 spiro atoms. The zero-order valence-electron chi connectivity index (χ0n) is 10.7. The minimum Gasteiger partial charge on any atom is -0.323 e. The summed E-state index contributed by atoms with van der Waals surface area (Å²) in [4.78, 5) is 15.9. The number of likely N-dealkylation sites (N-methyl/N-ethyl adjacent to an activating group) is 1. The molecule has 1 atom stereocenters. The zero-order chi connectivity index (χ0) is 13.8. The highest BCUT2D eigenvalue weighted by Gasteiger charge is 2.15. The van der Waals surface area contributed by atoms with E-state index >= 15 is 0 Å². The molecule has 0 radical (unpaired) electrons. The van der Waals surface area contributed by atoms with Crippen molar-refractivity contribution in [2.45, 2.75) is 13.0 Å². The van der Waals surface area contributed by atoms with Crippen LogP contribution in [0.2, 0.25) is 5.02 Å². The maximum Gasteiger partial charge on any atom is 0.241 e. The first-order valence-corrected chi connectivity index (χ1v) is 6.26. The fourth-order valence-electron chi connectivity index (χ4n) is 1.64. The Hall–Kier alpha value is -1.85. The number of carbonyl (C=O) groups excluding carboxylic acids is 1. The van der Waals surface area contributed by atoms with Crippen molar-refractivity contribution in [1.82, 2.24) is 14.9 Å². The lowest BCUT2D eigenvalue weighted by atomic mass is 10.2. The second-order valence-electron chi connectivity index (χ2n) is 4.11. The highest BCUT2D eigenvalue weighted by atomic mass is 35.5. The Bertz CT molecular complexity index is 568. The SMILES string of the molecule is CNC(C)C(=O)Nc1cccc(Cl)c1-n1ccnc1. The zero-order valence-corrected chi connectivity index (χ0v) is 11.5. The van der Waals surface area contributed by atoms with Crippen LogP contribution < -0.4 is 10.6 Å². The van der Waals surface area contributed by atoms with Crippen LogP contribution in [-0.4, -0.2) is 28.5 Å². The molecule has 0 fully saturated rings. The summed E-state index contributed by atoms with van der Waals surface area (Å²) in [6.45, 7) is 1.79. The molecule has 2 aromatic rings. The van der Waals surface area contributed by atoms with Crippen LogP contribution in [0.3, 0.4) is 0 Å². The van der Waals surface area contributed by atoms with E-state index in [9.17, 15) is 4.79 Å². The van der Waals surface area contributed by atoms with Crippen molar-refractivity contribution < 1.29 is 4.79 Å². The molecule has 2 rings (SSSR count). The van der Waals surface area contributed by atoms with Gasteiger partial charge < -0.3 is 15.2 Å². The van der Waals surface area contributed by atoms with Crippen molar-refractivity contribution in [2.24, 2.45) is 0 Å². The highest BCUT2D eigenvalue weighted by molar-refractivity contribution is 6.33. The first kappa shape index (κ1) is 13.6. The number of aromatic nitrogens is 2. The molecule has 1 amide bonds. The van der Waals surface area contributed by atoms with Gasteiger partial charge in [0.05, 0.1) is 28.8 Å². The Kier molecular flexibility index (Phi) is 4.19. The molecule has 0 saturated heterocycles. The van der Waals surface area contributed by atoms with Crippen LogP contribution in [-0.2, 0) is 4.79 Å². The molecule has 1 heterocycles. The van der Waals surface area contributed by atoms with E-state index in [1.54, 1.807) is 49.4 Å². The fourth-order valence-corrected chi connectivity index (χ4v) is 1.91. The lowest BCUT2D eigenvalue weighted by Crippen LogP contribution is -2.35. The van der Waals surface area contributed by atoms with Crippen LogP contribution in [0.25, 0.3) is 5.69 Å². The van der Waals surface area contributed by atoms with Gasteiger partial charge in [0.25, 0.3) is 0 Å². The number of para-hydroxylation sites is 1. The Morgan fingerprint density at radius 3 is 2.89 bits per heavy atom. The quantitative estimate of drug-likeness (QED) is 0.900. The molecule has 5 nitrogen and oxygen atoms in total. The van der Waals surface area contributed by atoms with Gasteiger partial charge in [-0.2, -0.15) is 0 Å². The van der Waals surface area contributed by atoms with E-state index in [2.05, 4.69) is 15.6 Å². The number of halogens is 1. The molecule has 0 aliphatic carbocycles. The van der Waals surface area contributed by atoms with Gasteiger partial charge in [0.2, 0.25) is 5.91 Å². The second-order valence-corrected chi connectivity index (χ2v) is 4.51. The van der Waals surface area contributed by atoms with Crippen LogP contribution >= 0.6 is 11.6 Å². The van der Waals surface area contributed by atoms with E-state index in [4.69, 9.17) is 11.6 Å². The van der Waals surface area contributed by atoms with Crippen molar-refractivity contribution in [3.63, 3.8) is 0 Å². The summed E-state index contributed by atoms with van der Waals surface area (Å²) in [5.41, 5.74) is 1.36. The van der Waals surface area contributed by atoms with Gasteiger partial charge in [-0.1, -0.05) is 17.7 Å². The van der Waals surface area contributed by atoms with E-state index in [0.29, 0.717) is 16.4 Å². The van der Waals surface area contributed by atoms with Crippen molar-refractivity contribution in [1.29, 1.82) is 0 Å². The lowest BCUT2D eigenvalue weighted by Gasteiger charge is -2.15. The number of hydrogen-bond donors (Lipinski definition) is 2. The third-order valence-corrected chi connectivity index (χ3v) is 3.14. The second kappa shape index (κ2) is 5.86. The molecule has 0 aliphatic heterocycles. The number of imidazole rings is 1. The van der Waals surface area contributed by atoms with Crippen LogP contribution in [0.15, 0.2) is 36.9 Å². The molecule has 0 aliphatic rings. The van der Waals surface area contributed by atoms with Gasteiger partial charge in [0.15, 0.2) is 0 Å². The lowest BCUT2D eigenvalue weighted by molar-refractivity contribution is -0.117. The topological polar surface area (TPSA) is 59.0 Å². The minimum atomic E-state index is -0.283. The van der Waals surface area contributed by atoms with Gasteiger partial charge in [-0.25, -0.2) is 4.98 Å². The number of carbonyl (C=O) groups is 1. The van der Waals surface area contributed by atoms with E-state index in [-0.39, 0.29) is 11.9 Å². The minimum absolute atomic E-state index is 0.119. The Morgan fingerprint density at radius 2 is 2.26 bits per heavy atom. The Balaban J connectivity index is 2.36. The van der Waals surface area contributed by atoms with Gasteiger partial charge in [-0.3, -0.25) is 4.79 Å². The number of benzene rings is 1. The number of anilines is 1. The van der Waals surface area contributed by atoms with Crippen molar-refractivity contribution in [2.75, 3.05) is 12.4 Å². The molecule has 100 valence electrons. The maximum absolute atomic E-state index is 11.9. The summed E-state index contributed by atoms with van der Waals surface area (Å²) >= 11 is 6.20. The van der Waals surface area contributed by atoms with Crippen LogP contribution in [0.5, 0.6) is 0 Å². The summed E-state index contributed by atoms with van der Waals surface area (Å²) in [5, 5.41) is 6.29. The first-order valence-electron chi connectivity index (χ1n) is 5.88. The normalized spacial score (nSPS) is 12.2. The number of nitrogens with zero attached hydrogens (tertiary/aromatic N) is 2. The average Bonchev–Trinajstić information content (AvgIpc) is 2.91. The van der Waals surface area contributed by atoms with Gasteiger partial charge in [-0.15, -0.1) is 0 Å². The predicted octanol–water partition coefficient (Wildman–Crippen LogP) is 2.07. The third-order valence-electron chi connectivity index (χ3n) is 2.83.